The van der Waals surface area contributed by atoms with Crippen LogP contribution in [-0.2, 0) is 28.4 Å². The van der Waals surface area contributed by atoms with Crippen molar-refractivity contribution in [2.45, 2.75) is 19.3 Å². The second-order valence-corrected chi connectivity index (χ2v) is 5.93. The van der Waals surface area contributed by atoms with Crippen LogP contribution in [0.5, 0.6) is 0 Å². The second-order valence-electron chi connectivity index (χ2n) is 5.53. The van der Waals surface area contributed by atoms with E-state index in [0.717, 1.165) is 0 Å². The number of aryl methyl sites for hydroxylation is 2. The van der Waals surface area contributed by atoms with Crippen LogP contribution >= 0.6 is 11.6 Å². The summed E-state index contributed by atoms with van der Waals surface area (Å²) in [4.78, 5) is 46.8. The highest BCUT2D eigenvalue weighted by Crippen LogP contribution is 2.27. The number of benzene rings is 1. The number of fused-ring (bicyclic) bond motifs is 1. The van der Waals surface area contributed by atoms with Gasteiger partial charge in [-0.1, -0.05) is 11.6 Å². The molecule has 1 heterocycles. The molecule has 1 amide bonds. The number of aromatic nitrogens is 2. The first kappa shape index (κ1) is 18.7. The number of esters is 1. The lowest BCUT2D eigenvalue weighted by Gasteiger charge is -2.13. The fraction of sp³-hybridized carbons (Fsp3) is 0.375. The van der Waals surface area contributed by atoms with E-state index in [4.69, 9.17) is 11.6 Å². The lowest BCUT2D eigenvalue weighted by molar-refractivity contribution is -0.140. The molecule has 2 rings (SSSR count). The van der Waals surface area contributed by atoms with Gasteiger partial charge in [0.1, 0.15) is 0 Å². The SMILES string of the molecule is COC(=O)CCCC(=O)Nc1cc2c(cc1Cl)n(C)c(=O)c(=O)n2C. The Labute approximate surface area is 148 Å². The molecule has 0 spiro atoms. The molecule has 9 heteroatoms. The predicted octanol–water partition coefficient (Wildman–Crippen LogP) is 1.17. The minimum atomic E-state index is -0.673. The van der Waals surface area contributed by atoms with Gasteiger partial charge in [-0.3, -0.25) is 19.2 Å². The maximum Gasteiger partial charge on any atom is 0.316 e. The van der Waals surface area contributed by atoms with Crippen LogP contribution in [0.1, 0.15) is 19.3 Å². The van der Waals surface area contributed by atoms with Crippen LogP contribution < -0.4 is 16.4 Å². The molecule has 0 aliphatic heterocycles. The summed E-state index contributed by atoms with van der Waals surface area (Å²) in [6.07, 6.45) is 0.609. The summed E-state index contributed by atoms with van der Waals surface area (Å²) in [7, 11) is 4.24. The molecule has 1 aromatic carbocycles. The molecule has 2 aromatic rings. The predicted molar refractivity (Wildman–Crippen MR) is 93.9 cm³/mol. The van der Waals surface area contributed by atoms with Gasteiger partial charge in [0.15, 0.2) is 0 Å². The average Bonchev–Trinajstić information content (AvgIpc) is 2.59. The van der Waals surface area contributed by atoms with E-state index >= 15 is 0 Å². The van der Waals surface area contributed by atoms with E-state index in [1.807, 2.05) is 0 Å². The molecule has 0 aliphatic rings. The molecule has 0 saturated heterocycles. The number of anilines is 1. The highest BCUT2D eigenvalue weighted by Gasteiger charge is 2.13. The van der Waals surface area contributed by atoms with Crippen LogP contribution in [0, 0.1) is 0 Å². The fourth-order valence-electron chi connectivity index (χ4n) is 2.40. The number of carbonyl (C=O) groups is 2. The zero-order valence-corrected chi connectivity index (χ0v) is 14.8. The van der Waals surface area contributed by atoms with Crippen molar-refractivity contribution in [3.05, 3.63) is 37.9 Å². The molecular formula is C16H18ClN3O5. The summed E-state index contributed by atoms with van der Waals surface area (Å²) in [5.74, 6) is -0.701. The number of methoxy groups -OCH3 is 1. The lowest BCUT2D eigenvalue weighted by atomic mass is 10.2. The first-order valence-electron chi connectivity index (χ1n) is 7.52. The molecule has 1 N–H and O–H groups in total. The summed E-state index contributed by atoms with van der Waals surface area (Å²) in [6.45, 7) is 0. The van der Waals surface area contributed by atoms with Crippen molar-refractivity contribution in [3.8, 4) is 0 Å². The van der Waals surface area contributed by atoms with E-state index in [9.17, 15) is 19.2 Å². The Morgan fingerprint density at radius 3 is 2.20 bits per heavy atom. The third-order valence-corrected chi connectivity index (χ3v) is 4.18. The number of halogens is 1. The van der Waals surface area contributed by atoms with E-state index in [-0.39, 0.29) is 29.7 Å². The van der Waals surface area contributed by atoms with E-state index in [1.165, 1.54) is 42.5 Å². The molecule has 0 atom stereocenters. The number of nitrogens with one attached hydrogen (secondary N) is 1. The van der Waals surface area contributed by atoms with Gasteiger partial charge < -0.3 is 19.2 Å². The normalized spacial score (nSPS) is 10.7. The molecule has 0 fully saturated rings. The van der Waals surface area contributed by atoms with Gasteiger partial charge in [0.05, 0.1) is 28.9 Å². The highest BCUT2D eigenvalue weighted by molar-refractivity contribution is 6.34. The minimum Gasteiger partial charge on any atom is -0.469 e. The van der Waals surface area contributed by atoms with Crippen molar-refractivity contribution in [3.63, 3.8) is 0 Å². The quantitative estimate of drug-likeness (QED) is 0.631. The maximum atomic E-state index is 12.0. The first-order chi connectivity index (χ1) is 11.8. The molecule has 0 bridgehead atoms. The van der Waals surface area contributed by atoms with Gasteiger partial charge in [-0.05, 0) is 18.6 Å². The highest BCUT2D eigenvalue weighted by atomic mass is 35.5. The Kier molecular flexibility index (Phi) is 5.63. The first-order valence-corrected chi connectivity index (χ1v) is 7.90. The zero-order valence-electron chi connectivity index (χ0n) is 14.1. The Hall–Kier alpha value is -2.61. The molecule has 0 unspecified atom stereocenters. The number of hydrogen-bond acceptors (Lipinski definition) is 5. The van der Waals surface area contributed by atoms with Crippen molar-refractivity contribution in [1.29, 1.82) is 0 Å². The molecular weight excluding hydrogens is 350 g/mol. The summed E-state index contributed by atoms with van der Waals surface area (Å²) in [5, 5.41) is 2.89. The van der Waals surface area contributed by atoms with Gasteiger partial charge in [0.2, 0.25) is 5.91 Å². The van der Waals surface area contributed by atoms with Crippen LogP contribution in [0.3, 0.4) is 0 Å². The van der Waals surface area contributed by atoms with Crippen molar-refractivity contribution in [2.75, 3.05) is 12.4 Å². The van der Waals surface area contributed by atoms with Gasteiger partial charge in [-0.25, -0.2) is 0 Å². The fourth-order valence-corrected chi connectivity index (χ4v) is 2.60. The average molecular weight is 368 g/mol. The number of rotatable bonds is 5. The minimum absolute atomic E-state index is 0.121. The van der Waals surface area contributed by atoms with E-state index in [1.54, 1.807) is 0 Å². The number of hydrogen-bond donors (Lipinski definition) is 1. The second kappa shape index (κ2) is 7.52. The maximum absolute atomic E-state index is 12.0. The summed E-state index contributed by atoms with van der Waals surface area (Å²) < 4.78 is 6.93. The van der Waals surface area contributed by atoms with E-state index in [0.29, 0.717) is 23.1 Å². The topological polar surface area (TPSA) is 99.4 Å². The van der Waals surface area contributed by atoms with Gasteiger partial charge in [0, 0.05) is 26.9 Å². The Balaban J connectivity index is 2.29. The van der Waals surface area contributed by atoms with Crippen LogP contribution in [0.2, 0.25) is 5.02 Å². The third kappa shape index (κ3) is 3.90. The lowest BCUT2D eigenvalue weighted by Crippen LogP contribution is -2.39. The molecule has 0 radical (unpaired) electrons. The van der Waals surface area contributed by atoms with E-state index in [2.05, 4.69) is 10.1 Å². The van der Waals surface area contributed by atoms with Gasteiger partial charge in [-0.2, -0.15) is 0 Å². The van der Waals surface area contributed by atoms with Gasteiger partial charge >= 0.3 is 17.1 Å². The third-order valence-electron chi connectivity index (χ3n) is 3.87. The molecule has 134 valence electrons. The van der Waals surface area contributed by atoms with Crippen LogP contribution in [0.25, 0.3) is 11.0 Å². The number of carbonyl (C=O) groups excluding carboxylic acids is 2. The molecule has 25 heavy (non-hydrogen) atoms. The smallest absolute Gasteiger partial charge is 0.316 e. The number of ether oxygens (including phenoxy) is 1. The summed E-state index contributed by atoms with van der Waals surface area (Å²) in [5.41, 5.74) is -0.0774. The van der Waals surface area contributed by atoms with Gasteiger partial charge in [-0.15, -0.1) is 0 Å². The zero-order chi connectivity index (χ0) is 18.7. The van der Waals surface area contributed by atoms with Crippen molar-refractivity contribution < 1.29 is 14.3 Å². The largest absolute Gasteiger partial charge is 0.469 e. The van der Waals surface area contributed by atoms with Crippen LogP contribution in [-0.4, -0.2) is 28.1 Å². The summed E-state index contributed by atoms with van der Waals surface area (Å²) in [6, 6.07) is 3.05. The molecule has 8 nitrogen and oxygen atoms in total. The number of nitrogens with zero attached hydrogens (tertiary/aromatic N) is 2. The van der Waals surface area contributed by atoms with Crippen molar-refractivity contribution in [1.82, 2.24) is 9.13 Å². The van der Waals surface area contributed by atoms with Crippen molar-refractivity contribution >= 4 is 40.2 Å². The molecule has 0 aliphatic carbocycles. The Morgan fingerprint density at radius 1 is 1.08 bits per heavy atom. The molecule has 0 saturated carbocycles. The standard InChI is InChI=1S/C16H18ClN3O5/c1-19-11-7-9(17)10(8-12(11)20(2)16(24)15(19)23)18-13(21)5-4-6-14(22)25-3/h7-8H,4-6H2,1-3H3,(H,18,21). The Morgan fingerprint density at radius 2 is 1.64 bits per heavy atom. The van der Waals surface area contributed by atoms with Crippen LogP contribution in [0.4, 0.5) is 5.69 Å². The van der Waals surface area contributed by atoms with Crippen LogP contribution in [0.15, 0.2) is 21.7 Å². The number of amides is 1. The Bertz CT molecular complexity index is 961. The monoisotopic (exact) mass is 367 g/mol. The van der Waals surface area contributed by atoms with Gasteiger partial charge in [0.25, 0.3) is 0 Å². The summed E-state index contributed by atoms with van der Waals surface area (Å²) >= 11 is 6.18. The molecule has 1 aromatic heterocycles. The van der Waals surface area contributed by atoms with Crippen molar-refractivity contribution in [2.24, 2.45) is 14.1 Å². The van der Waals surface area contributed by atoms with E-state index < -0.39 is 11.1 Å².